The summed E-state index contributed by atoms with van der Waals surface area (Å²) in [4.78, 5) is 0. The molecule has 18 heavy (non-hydrogen) atoms. The predicted octanol–water partition coefficient (Wildman–Crippen LogP) is -0.670. The highest BCUT2D eigenvalue weighted by atomic mass is 35.5. The molecule has 2 aromatic carbocycles. The number of anilines is 1. The van der Waals surface area contributed by atoms with E-state index >= 15 is 0 Å². The Kier molecular flexibility index (Phi) is 5.00. The first-order valence-corrected chi connectivity index (χ1v) is 4.97. The Bertz CT molecular complexity index is 520. The minimum absolute atomic E-state index is 0. The number of nitrogens with one attached hydrogen (secondary N) is 1. The number of nitrogen functional groups attached to an aromatic ring is 1. The van der Waals surface area contributed by atoms with Crippen LogP contribution in [0.15, 0.2) is 42.5 Å². The molecule has 0 spiro atoms. The molecular weight excluding hydrogens is 265 g/mol. The molecule has 2 aromatic rings. The summed E-state index contributed by atoms with van der Waals surface area (Å²) >= 11 is 0. The minimum atomic E-state index is -1.48. The van der Waals surface area contributed by atoms with Crippen molar-refractivity contribution in [1.82, 2.24) is 0 Å². The van der Waals surface area contributed by atoms with Crippen molar-refractivity contribution in [2.24, 2.45) is 0 Å². The molecule has 0 aliphatic carbocycles. The van der Waals surface area contributed by atoms with E-state index in [2.05, 4.69) is 5.43 Å². The zero-order valence-corrected chi connectivity index (χ0v) is 9.89. The van der Waals surface area contributed by atoms with E-state index in [4.69, 9.17) is 0 Å². The van der Waals surface area contributed by atoms with E-state index in [1.54, 1.807) is 12.1 Å². The summed E-state index contributed by atoms with van der Waals surface area (Å²) in [5.41, 5.74) is 4.80. The van der Waals surface area contributed by atoms with Gasteiger partial charge in [-0.05, 0) is 12.1 Å². The van der Waals surface area contributed by atoms with Gasteiger partial charge < -0.3 is 12.4 Å². The third kappa shape index (κ3) is 3.15. The molecule has 0 aliphatic rings. The Labute approximate surface area is 108 Å². The first kappa shape index (κ1) is 14.3. The number of quaternary nitrogens is 1. The molecule has 0 saturated carbocycles. The number of rotatable bonds is 3. The van der Waals surface area contributed by atoms with Crippen LogP contribution in [-0.4, -0.2) is 0 Å². The van der Waals surface area contributed by atoms with Crippen molar-refractivity contribution in [3.8, 4) is 0 Å². The summed E-state index contributed by atoms with van der Waals surface area (Å²) in [5, 5.41) is 0. The minimum Gasteiger partial charge on any atom is -1.00 e. The molecule has 0 atom stereocenters. The normalized spacial score (nSPS) is 9.72. The van der Waals surface area contributed by atoms with Gasteiger partial charge in [-0.3, -0.25) is 0 Å². The van der Waals surface area contributed by atoms with Gasteiger partial charge >= 0.3 is 0 Å². The molecule has 0 saturated heterocycles. The lowest BCUT2D eigenvalue weighted by atomic mass is 10.3. The highest BCUT2D eigenvalue weighted by Gasteiger charge is 2.13. The lowest BCUT2D eigenvalue weighted by molar-refractivity contribution is -0.538. The van der Waals surface area contributed by atoms with Gasteiger partial charge in [0.05, 0.1) is 0 Å². The lowest BCUT2D eigenvalue weighted by Gasteiger charge is -2.06. The van der Waals surface area contributed by atoms with Gasteiger partial charge in [0.25, 0.3) is 0 Å². The van der Waals surface area contributed by atoms with Crippen LogP contribution in [0, 0.1) is 17.5 Å². The second kappa shape index (κ2) is 6.28. The van der Waals surface area contributed by atoms with E-state index in [1.807, 2.05) is 18.2 Å². The molecule has 2 nitrogen and oxygen atoms in total. The van der Waals surface area contributed by atoms with E-state index in [-0.39, 0.29) is 18.1 Å². The summed E-state index contributed by atoms with van der Waals surface area (Å²) in [5.74, 6) is -3.90. The number of hydrogen-bond acceptors (Lipinski definition) is 1. The van der Waals surface area contributed by atoms with Crippen LogP contribution < -0.4 is 23.3 Å². The van der Waals surface area contributed by atoms with Crippen molar-refractivity contribution in [3.05, 3.63) is 59.9 Å². The number of nitrogens with two attached hydrogens (primary N) is 1. The highest BCUT2D eigenvalue weighted by molar-refractivity contribution is 5.43. The van der Waals surface area contributed by atoms with Crippen LogP contribution in [0.3, 0.4) is 0 Å². The van der Waals surface area contributed by atoms with Crippen molar-refractivity contribution >= 4 is 11.4 Å². The van der Waals surface area contributed by atoms with E-state index in [9.17, 15) is 13.2 Å². The quantitative estimate of drug-likeness (QED) is 0.331. The second-order valence-electron chi connectivity index (χ2n) is 3.42. The average Bonchev–Trinajstić information content (AvgIpc) is 2.36. The fourth-order valence-corrected chi connectivity index (χ4v) is 1.35. The highest BCUT2D eigenvalue weighted by Crippen LogP contribution is 2.18. The Balaban J connectivity index is 0.00000162. The molecule has 0 unspecified atom stereocenters. The third-order valence-electron chi connectivity index (χ3n) is 2.23. The predicted molar refractivity (Wildman–Crippen MR) is 58.0 cm³/mol. The molecule has 0 radical (unpaired) electrons. The summed E-state index contributed by atoms with van der Waals surface area (Å²) in [7, 11) is 0. The van der Waals surface area contributed by atoms with Gasteiger partial charge in [-0.1, -0.05) is 18.2 Å². The van der Waals surface area contributed by atoms with Crippen LogP contribution >= 0.6 is 0 Å². The van der Waals surface area contributed by atoms with Crippen LogP contribution in [-0.2, 0) is 0 Å². The van der Waals surface area contributed by atoms with Crippen molar-refractivity contribution in [1.29, 1.82) is 0 Å². The number of benzene rings is 2. The molecule has 6 heteroatoms. The second-order valence-corrected chi connectivity index (χ2v) is 3.42. The molecule has 0 bridgehead atoms. The smallest absolute Gasteiger partial charge is 0.196 e. The topological polar surface area (TPSA) is 28.6 Å². The molecule has 0 heterocycles. The Hall–Kier alpha value is -1.72. The fourth-order valence-electron chi connectivity index (χ4n) is 1.35. The largest absolute Gasteiger partial charge is 1.00 e. The van der Waals surface area contributed by atoms with Crippen LogP contribution in [0.5, 0.6) is 0 Å². The van der Waals surface area contributed by atoms with Gasteiger partial charge in [-0.2, -0.15) is 0 Å². The molecule has 0 fully saturated rings. The zero-order chi connectivity index (χ0) is 12.3. The van der Waals surface area contributed by atoms with Gasteiger partial charge in [-0.25, -0.2) is 24.0 Å². The van der Waals surface area contributed by atoms with Gasteiger partial charge in [-0.15, -0.1) is 0 Å². The Morgan fingerprint density at radius 3 is 2.17 bits per heavy atom. The maximum Gasteiger partial charge on any atom is 0.196 e. The molecule has 0 aliphatic heterocycles. The van der Waals surface area contributed by atoms with E-state index < -0.39 is 17.5 Å². The average molecular weight is 275 g/mol. The summed E-state index contributed by atoms with van der Waals surface area (Å²) < 4.78 is 38.9. The van der Waals surface area contributed by atoms with Crippen LogP contribution in [0.1, 0.15) is 0 Å². The lowest BCUT2D eigenvalue weighted by Crippen LogP contribution is -3.00. The van der Waals surface area contributed by atoms with Crippen molar-refractivity contribution in [2.75, 3.05) is 5.43 Å². The third-order valence-corrected chi connectivity index (χ3v) is 2.23. The van der Waals surface area contributed by atoms with E-state index in [0.29, 0.717) is 0 Å². The summed E-state index contributed by atoms with van der Waals surface area (Å²) in [6, 6.07) is 11.1. The Morgan fingerprint density at radius 2 is 1.50 bits per heavy atom. The maximum atomic E-state index is 13.3. The molecule has 2 rings (SSSR count). The molecule has 0 aromatic heterocycles. The number of hydrogen-bond donors (Lipinski definition) is 2. The zero-order valence-electron chi connectivity index (χ0n) is 9.13. The monoisotopic (exact) mass is 274 g/mol. The van der Waals surface area contributed by atoms with Crippen molar-refractivity contribution < 1.29 is 31.0 Å². The van der Waals surface area contributed by atoms with Crippen molar-refractivity contribution in [2.45, 2.75) is 0 Å². The van der Waals surface area contributed by atoms with Crippen LogP contribution in [0.2, 0.25) is 0 Å². The molecule has 96 valence electrons. The van der Waals surface area contributed by atoms with E-state index in [1.165, 1.54) is 5.43 Å². The van der Waals surface area contributed by atoms with Crippen LogP contribution in [0.25, 0.3) is 0 Å². The van der Waals surface area contributed by atoms with Gasteiger partial charge in [0.15, 0.2) is 23.1 Å². The van der Waals surface area contributed by atoms with E-state index in [0.717, 1.165) is 17.8 Å². The van der Waals surface area contributed by atoms with Crippen LogP contribution in [0.4, 0.5) is 24.5 Å². The molecule has 3 N–H and O–H groups in total. The van der Waals surface area contributed by atoms with Crippen molar-refractivity contribution in [3.63, 3.8) is 0 Å². The number of para-hydroxylation sites is 1. The standard InChI is InChI=1S/C12H9F3N2.ClH/c13-9-6-7-10(12(15)11(9)14)17-16-8-4-2-1-3-5-8;/h1-7,16-17H;1H. The number of halogens is 4. The first-order valence-electron chi connectivity index (χ1n) is 4.97. The fraction of sp³-hybridized carbons (Fsp3) is 0. The maximum absolute atomic E-state index is 13.3. The van der Waals surface area contributed by atoms with Gasteiger partial charge in [0.2, 0.25) is 0 Å². The summed E-state index contributed by atoms with van der Waals surface area (Å²) in [6.07, 6.45) is 0. The Morgan fingerprint density at radius 1 is 0.833 bits per heavy atom. The van der Waals surface area contributed by atoms with Gasteiger partial charge in [0, 0.05) is 12.1 Å². The van der Waals surface area contributed by atoms with Gasteiger partial charge in [0.1, 0.15) is 5.69 Å². The molecule has 0 amide bonds. The summed E-state index contributed by atoms with van der Waals surface area (Å²) in [6.45, 7) is 0. The molecular formula is C12H10ClF3N2. The SMILES string of the molecule is Fc1ccc(N[NH2+]c2ccccc2)c(F)c1F.[Cl-]. The first-order chi connectivity index (χ1) is 8.18.